The average molecular weight is 188 g/mol. The number of anilines is 2. The first-order valence-electron chi connectivity index (χ1n) is 4.36. The van der Waals surface area contributed by atoms with Gasteiger partial charge in [-0.1, -0.05) is 0 Å². The lowest BCUT2D eigenvalue weighted by Crippen LogP contribution is -2.08. The Morgan fingerprint density at radius 3 is 2.79 bits per heavy atom. The van der Waals surface area contributed by atoms with Crippen molar-refractivity contribution in [2.45, 2.75) is 0 Å². The van der Waals surface area contributed by atoms with E-state index in [-0.39, 0.29) is 0 Å². The molecule has 2 rings (SSSR count). The van der Waals surface area contributed by atoms with E-state index in [1.807, 2.05) is 37.2 Å². The third-order valence-corrected chi connectivity index (χ3v) is 2.10. The summed E-state index contributed by atoms with van der Waals surface area (Å²) in [6.45, 7) is 0. The van der Waals surface area contributed by atoms with Crippen LogP contribution >= 0.6 is 0 Å². The zero-order valence-electron chi connectivity index (χ0n) is 8.23. The second-order valence-corrected chi connectivity index (χ2v) is 3.37. The highest BCUT2D eigenvalue weighted by atomic mass is 15.1. The normalized spacial score (nSPS) is 10.4. The van der Waals surface area contributed by atoms with E-state index < -0.39 is 0 Å². The maximum Gasteiger partial charge on any atom is 0.220 e. The van der Waals surface area contributed by atoms with Crippen LogP contribution in [0.5, 0.6) is 0 Å². The van der Waals surface area contributed by atoms with E-state index in [0.29, 0.717) is 5.95 Å². The van der Waals surface area contributed by atoms with Gasteiger partial charge in [0.2, 0.25) is 5.95 Å². The summed E-state index contributed by atoms with van der Waals surface area (Å²) in [5.41, 5.74) is 7.50. The lowest BCUT2D eigenvalue weighted by atomic mass is 10.2. The molecule has 4 heteroatoms. The van der Waals surface area contributed by atoms with Gasteiger partial charge in [0.1, 0.15) is 0 Å². The summed E-state index contributed by atoms with van der Waals surface area (Å²) in [4.78, 5) is 10.1. The minimum atomic E-state index is 0.315. The number of aromatic nitrogens is 2. The van der Waals surface area contributed by atoms with Crippen LogP contribution in [0.15, 0.2) is 24.4 Å². The van der Waals surface area contributed by atoms with E-state index in [1.165, 1.54) is 0 Å². The maximum atomic E-state index is 5.49. The van der Waals surface area contributed by atoms with Gasteiger partial charge in [-0.15, -0.1) is 0 Å². The van der Waals surface area contributed by atoms with Crippen LogP contribution in [0.25, 0.3) is 10.9 Å². The van der Waals surface area contributed by atoms with Gasteiger partial charge in [-0.25, -0.2) is 9.97 Å². The van der Waals surface area contributed by atoms with Crippen LogP contribution in [0.1, 0.15) is 0 Å². The van der Waals surface area contributed by atoms with Crippen LogP contribution in [-0.2, 0) is 0 Å². The number of nitrogen functional groups attached to an aromatic ring is 1. The molecule has 2 aromatic rings. The predicted octanol–water partition coefficient (Wildman–Crippen LogP) is 1.28. The Labute approximate surface area is 82.4 Å². The predicted molar refractivity (Wildman–Crippen MR) is 58.3 cm³/mol. The van der Waals surface area contributed by atoms with E-state index >= 15 is 0 Å². The average Bonchev–Trinajstić information content (AvgIpc) is 2.16. The lowest BCUT2D eigenvalue weighted by molar-refractivity contribution is 1.13. The molecule has 4 nitrogen and oxygen atoms in total. The van der Waals surface area contributed by atoms with Gasteiger partial charge in [0, 0.05) is 31.4 Å². The van der Waals surface area contributed by atoms with E-state index in [2.05, 4.69) is 9.97 Å². The second kappa shape index (κ2) is 3.14. The first-order valence-corrected chi connectivity index (χ1v) is 4.36. The molecule has 0 atom stereocenters. The van der Waals surface area contributed by atoms with Gasteiger partial charge in [-0.05, 0) is 18.2 Å². The molecule has 0 aliphatic rings. The van der Waals surface area contributed by atoms with Gasteiger partial charge in [0.05, 0.1) is 5.52 Å². The minimum Gasteiger partial charge on any atom is -0.378 e. The van der Waals surface area contributed by atoms with Crippen LogP contribution in [0.4, 0.5) is 11.6 Å². The van der Waals surface area contributed by atoms with E-state index in [9.17, 15) is 0 Å². The summed E-state index contributed by atoms with van der Waals surface area (Å²) in [6.07, 6.45) is 1.74. The summed E-state index contributed by atoms with van der Waals surface area (Å²) >= 11 is 0. The molecule has 14 heavy (non-hydrogen) atoms. The van der Waals surface area contributed by atoms with Crippen molar-refractivity contribution in [3.8, 4) is 0 Å². The first-order chi connectivity index (χ1) is 6.66. The fourth-order valence-corrected chi connectivity index (χ4v) is 1.31. The molecule has 2 N–H and O–H groups in total. The van der Waals surface area contributed by atoms with Gasteiger partial charge >= 0.3 is 0 Å². The number of hydrogen-bond acceptors (Lipinski definition) is 4. The molecule has 0 unspecified atom stereocenters. The molecule has 0 amide bonds. The van der Waals surface area contributed by atoms with Crippen molar-refractivity contribution < 1.29 is 0 Å². The Bertz CT molecular complexity index is 465. The second-order valence-electron chi connectivity index (χ2n) is 3.37. The first kappa shape index (κ1) is 8.74. The molecule has 0 aliphatic carbocycles. The van der Waals surface area contributed by atoms with Gasteiger partial charge in [0.25, 0.3) is 0 Å². The highest BCUT2D eigenvalue weighted by Crippen LogP contribution is 2.18. The Hall–Kier alpha value is -1.84. The lowest BCUT2D eigenvalue weighted by Gasteiger charge is -2.12. The summed E-state index contributed by atoms with van der Waals surface area (Å²) < 4.78 is 0. The summed E-state index contributed by atoms with van der Waals surface area (Å²) in [7, 11) is 4.00. The van der Waals surface area contributed by atoms with E-state index in [1.54, 1.807) is 6.20 Å². The monoisotopic (exact) mass is 188 g/mol. The molecule has 0 saturated carbocycles. The minimum absolute atomic E-state index is 0.315. The topological polar surface area (TPSA) is 55.0 Å². The van der Waals surface area contributed by atoms with Crippen LogP contribution in [-0.4, -0.2) is 24.1 Å². The number of benzene rings is 1. The molecule has 1 aromatic heterocycles. The van der Waals surface area contributed by atoms with Gasteiger partial charge in [0.15, 0.2) is 0 Å². The zero-order chi connectivity index (χ0) is 10.1. The molecule has 0 spiro atoms. The number of rotatable bonds is 1. The Morgan fingerprint density at radius 1 is 1.29 bits per heavy atom. The van der Waals surface area contributed by atoms with Crippen molar-refractivity contribution in [2.75, 3.05) is 24.7 Å². The molecule has 0 aliphatic heterocycles. The number of nitrogens with zero attached hydrogens (tertiary/aromatic N) is 3. The SMILES string of the molecule is CN(C)c1ccc2nc(N)ncc2c1. The Morgan fingerprint density at radius 2 is 2.07 bits per heavy atom. The standard InChI is InChI=1S/C10H12N4/c1-14(2)8-3-4-9-7(5-8)6-12-10(11)13-9/h3-6H,1-2H3,(H2,11,12,13). The zero-order valence-corrected chi connectivity index (χ0v) is 8.23. The van der Waals surface area contributed by atoms with Gasteiger partial charge in [-0.3, -0.25) is 0 Å². The van der Waals surface area contributed by atoms with Crippen LogP contribution < -0.4 is 10.6 Å². The third-order valence-electron chi connectivity index (χ3n) is 2.10. The smallest absolute Gasteiger partial charge is 0.220 e. The van der Waals surface area contributed by atoms with Gasteiger partial charge in [-0.2, -0.15) is 0 Å². The molecular formula is C10H12N4. The molecule has 1 aromatic carbocycles. The van der Waals surface area contributed by atoms with Crippen molar-refractivity contribution in [2.24, 2.45) is 0 Å². The summed E-state index contributed by atoms with van der Waals surface area (Å²) in [5.74, 6) is 0.315. The largest absolute Gasteiger partial charge is 0.378 e. The molecule has 0 fully saturated rings. The summed E-state index contributed by atoms with van der Waals surface area (Å²) in [6, 6.07) is 5.99. The quantitative estimate of drug-likeness (QED) is 0.732. The molecular weight excluding hydrogens is 176 g/mol. The molecule has 72 valence electrons. The molecule has 0 bridgehead atoms. The Balaban J connectivity index is 2.62. The molecule has 0 radical (unpaired) electrons. The highest BCUT2D eigenvalue weighted by molar-refractivity contribution is 5.82. The summed E-state index contributed by atoms with van der Waals surface area (Å²) in [5, 5.41) is 1.01. The van der Waals surface area contributed by atoms with Crippen molar-refractivity contribution in [3.63, 3.8) is 0 Å². The van der Waals surface area contributed by atoms with Crippen molar-refractivity contribution in [1.29, 1.82) is 0 Å². The Kier molecular flexibility index (Phi) is 1.96. The number of hydrogen-bond donors (Lipinski definition) is 1. The van der Waals surface area contributed by atoms with Gasteiger partial charge < -0.3 is 10.6 Å². The molecule has 1 heterocycles. The molecule has 0 saturated heterocycles. The van der Waals surface area contributed by atoms with Crippen LogP contribution in [0, 0.1) is 0 Å². The van der Waals surface area contributed by atoms with Crippen LogP contribution in [0.3, 0.4) is 0 Å². The van der Waals surface area contributed by atoms with Crippen molar-refractivity contribution in [3.05, 3.63) is 24.4 Å². The van der Waals surface area contributed by atoms with Crippen molar-refractivity contribution >= 4 is 22.5 Å². The third kappa shape index (κ3) is 1.46. The van der Waals surface area contributed by atoms with E-state index in [4.69, 9.17) is 5.73 Å². The fourth-order valence-electron chi connectivity index (χ4n) is 1.31. The highest BCUT2D eigenvalue weighted by Gasteiger charge is 1.99. The fraction of sp³-hybridized carbons (Fsp3) is 0.200. The number of fused-ring (bicyclic) bond motifs is 1. The van der Waals surface area contributed by atoms with Crippen LogP contribution in [0.2, 0.25) is 0 Å². The van der Waals surface area contributed by atoms with Crippen molar-refractivity contribution in [1.82, 2.24) is 9.97 Å². The number of nitrogens with two attached hydrogens (primary N) is 1. The maximum absolute atomic E-state index is 5.49. The van der Waals surface area contributed by atoms with E-state index in [0.717, 1.165) is 16.6 Å².